The van der Waals surface area contributed by atoms with Gasteiger partial charge in [-0.3, -0.25) is 53.1 Å². The minimum Gasteiger partial charge on any atom is -0.481 e. The van der Waals surface area contributed by atoms with Gasteiger partial charge in [0.2, 0.25) is 41.4 Å². The molecule has 0 bridgehead atoms. The van der Waals surface area contributed by atoms with E-state index < -0.39 is 133 Å². The van der Waals surface area contributed by atoms with E-state index in [9.17, 15) is 63.3 Å². The number of halogens is 1. The molecular formula is C34H61ClN14O13. The zero-order valence-electron chi connectivity index (χ0n) is 34.8. The Morgan fingerprint density at radius 2 is 0.919 bits per heavy atom. The molecule has 28 heteroatoms. The van der Waals surface area contributed by atoms with Crippen molar-refractivity contribution in [2.45, 2.75) is 102 Å². The molecule has 0 saturated carbocycles. The van der Waals surface area contributed by atoms with Gasteiger partial charge in [-0.2, -0.15) is 0 Å². The zero-order valence-corrected chi connectivity index (χ0v) is 35.6. The molecule has 0 aliphatic heterocycles. The number of carbonyl (C=O) groups is 10. The Morgan fingerprint density at radius 1 is 0.516 bits per heavy atom. The standard InChI is InChI=1S/C34H60N14O13.ClH/c1-15(2)25(47-29(57)19(11-23(51)52)44-21(49)13-42-27(55)17(35)7-5-9-40-33(36)37)31(59)46-18(8-6-10-41-34(38)39)28(56)43-14-22(50)45-20(12-24(53)54)30(58)48-26(16(3)4)32(60)61;/h15-20,25-26H,5-14,35H2,1-4H3,(H,42,55)(H,43,56)(H,44,49)(H,45,50)(H,46,59)(H,47,57)(H,48,58)(H,51,52)(H,53,54)(H,60,61)(H4,36,37,40)(H4,38,39,41);1H/t17-,18-,19-,20-,25-,26-;/m0./s1. The third kappa shape index (κ3) is 24.5. The van der Waals surface area contributed by atoms with E-state index in [4.69, 9.17) is 28.7 Å². The van der Waals surface area contributed by atoms with Crippen molar-refractivity contribution in [1.82, 2.24) is 37.2 Å². The van der Waals surface area contributed by atoms with Crippen LogP contribution in [0.4, 0.5) is 0 Å². The number of amides is 7. The number of rotatable bonds is 29. The lowest BCUT2D eigenvalue weighted by Crippen LogP contribution is -2.59. The molecule has 20 N–H and O–H groups in total. The summed E-state index contributed by atoms with van der Waals surface area (Å²) in [5, 5.41) is 43.9. The lowest BCUT2D eigenvalue weighted by molar-refractivity contribution is -0.144. The van der Waals surface area contributed by atoms with Gasteiger partial charge in [-0.15, -0.1) is 12.4 Å². The SMILES string of the molecule is CC(C)[C@H](NC(=O)[C@H](CC(=O)O)NC(=O)CNC(=O)[C@H](CCCN=C(N)N)NC(=O)[C@@H](NC(=O)[C@H](CC(=O)O)NC(=O)CNC(=O)[C@@H](N)CCCN=C(N)N)C(C)C)C(=O)O.Cl. The second kappa shape index (κ2) is 29.7. The molecule has 27 nitrogen and oxygen atoms in total. The van der Waals surface area contributed by atoms with Gasteiger partial charge in [0.25, 0.3) is 0 Å². The van der Waals surface area contributed by atoms with E-state index in [1.807, 2.05) is 0 Å². The fourth-order valence-electron chi connectivity index (χ4n) is 5.09. The first-order valence-electron chi connectivity index (χ1n) is 18.9. The molecule has 0 fully saturated rings. The lowest BCUT2D eigenvalue weighted by atomic mass is 10.0. The molecular weight excluding hydrogens is 848 g/mol. The molecule has 0 unspecified atom stereocenters. The first kappa shape index (κ1) is 57.6. The first-order chi connectivity index (χ1) is 28.3. The molecule has 6 atom stereocenters. The van der Waals surface area contributed by atoms with Crippen LogP contribution in [0.1, 0.15) is 66.2 Å². The van der Waals surface area contributed by atoms with Crippen LogP contribution in [-0.4, -0.2) is 149 Å². The lowest BCUT2D eigenvalue weighted by Gasteiger charge is -2.27. The number of nitrogens with one attached hydrogen (secondary N) is 7. The Bertz CT molecular complexity index is 1640. The van der Waals surface area contributed by atoms with Crippen molar-refractivity contribution >= 4 is 83.6 Å². The van der Waals surface area contributed by atoms with Crippen LogP contribution in [0.25, 0.3) is 0 Å². The van der Waals surface area contributed by atoms with E-state index in [1.54, 1.807) is 0 Å². The monoisotopic (exact) mass is 908 g/mol. The summed E-state index contributed by atoms with van der Waals surface area (Å²) in [4.78, 5) is 133. The fourth-order valence-corrected chi connectivity index (χ4v) is 5.09. The molecule has 0 heterocycles. The molecule has 0 aromatic heterocycles. The van der Waals surface area contributed by atoms with E-state index in [0.717, 1.165) is 0 Å². The van der Waals surface area contributed by atoms with Crippen molar-refractivity contribution in [3.63, 3.8) is 0 Å². The molecule has 0 aromatic carbocycles. The first-order valence-corrected chi connectivity index (χ1v) is 18.9. The summed E-state index contributed by atoms with van der Waals surface area (Å²) in [6.07, 6.45) is -1.42. The summed E-state index contributed by atoms with van der Waals surface area (Å²) in [6.45, 7) is 4.66. The van der Waals surface area contributed by atoms with Crippen molar-refractivity contribution in [3.8, 4) is 0 Å². The van der Waals surface area contributed by atoms with Gasteiger partial charge in [-0.05, 0) is 37.5 Å². The number of guanidine groups is 2. The smallest absolute Gasteiger partial charge is 0.326 e. The number of hydrogen-bond acceptors (Lipinski definition) is 13. The fraction of sp³-hybridized carbons (Fsp3) is 0.647. The second-order valence-electron chi connectivity index (χ2n) is 14.2. The molecule has 0 aromatic rings. The number of carboxylic acids is 3. The number of carboxylic acid groups (broad SMARTS) is 3. The topological polar surface area (TPSA) is 470 Å². The average molecular weight is 909 g/mol. The van der Waals surface area contributed by atoms with Gasteiger partial charge < -0.3 is 81.2 Å². The van der Waals surface area contributed by atoms with Gasteiger partial charge >= 0.3 is 17.9 Å². The van der Waals surface area contributed by atoms with Gasteiger partial charge in [0.1, 0.15) is 30.2 Å². The molecule has 0 spiro atoms. The van der Waals surface area contributed by atoms with Crippen LogP contribution >= 0.6 is 12.4 Å². The molecule has 0 aliphatic carbocycles. The number of aliphatic carboxylic acids is 3. The van der Waals surface area contributed by atoms with Crippen LogP contribution in [-0.2, 0) is 47.9 Å². The van der Waals surface area contributed by atoms with Crippen LogP contribution in [0.2, 0.25) is 0 Å². The van der Waals surface area contributed by atoms with E-state index in [1.165, 1.54) is 27.7 Å². The third-order valence-corrected chi connectivity index (χ3v) is 8.27. The van der Waals surface area contributed by atoms with Crippen LogP contribution in [0.5, 0.6) is 0 Å². The van der Waals surface area contributed by atoms with E-state index in [-0.39, 0.29) is 56.7 Å². The van der Waals surface area contributed by atoms with E-state index >= 15 is 0 Å². The predicted molar refractivity (Wildman–Crippen MR) is 223 cm³/mol. The van der Waals surface area contributed by atoms with Crippen LogP contribution in [0.15, 0.2) is 9.98 Å². The largest absolute Gasteiger partial charge is 0.481 e. The maximum Gasteiger partial charge on any atom is 0.326 e. The molecule has 352 valence electrons. The van der Waals surface area contributed by atoms with Crippen LogP contribution in [0.3, 0.4) is 0 Å². The summed E-state index contributed by atoms with van der Waals surface area (Å²) in [5.41, 5.74) is 27.0. The van der Waals surface area contributed by atoms with Gasteiger partial charge in [0.05, 0.1) is 32.0 Å². The number of carbonyl (C=O) groups excluding carboxylic acids is 7. The Kier molecular flexibility index (Phi) is 27.6. The highest BCUT2D eigenvalue weighted by atomic mass is 35.5. The molecule has 0 aliphatic rings. The van der Waals surface area contributed by atoms with Gasteiger partial charge in [-0.25, -0.2) is 4.79 Å². The molecule has 0 saturated heterocycles. The number of hydrogen-bond donors (Lipinski definition) is 15. The highest BCUT2D eigenvalue weighted by Gasteiger charge is 2.33. The van der Waals surface area contributed by atoms with Gasteiger partial charge in [0.15, 0.2) is 11.9 Å². The van der Waals surface area contributed by atoms with E-state index in [0.29, 0.717) is 6.42 Å². The molecule has 0 rings (SSSR count). The number of aliphatic imine (C=N–C) groups is 2. The molecule has 62 heavy (non-hydrogen) atoms. The number of nitrogens with zero attached hydrogens (tertiary/aromatic N) is 2. The average Bonchev–Trinajstić information content (AvgIpc) is 3.14. The minimum absolute atomic E-state index is 0. The minimum atomic E-state index is -1.74. The highest BCUT2D eigenvalue weighted by Crippen LogP contribution is 2.08. The molecule has 7 amide bonds. The summed E-state index contributed by atoms with van der Waals surface area (Å²) >= 11 is 0. The summed E-state index contributed by atoms with van der Waals surface area (Å²) < 4.78 is 0. The Labute approximate surface area is 362 Å². The van der Waals surface area contributed by atoms with Crippen molar-refractivity contribution < 1.29 is 63.3 Å². The van der Waals surface area contributed by atoms with E-state index in [2.05, 4.69) is 47.2 Å². The Balaban J connectivity index is 0. The summed E-state index contributed by atoms with van der Waals surface area (Å²) in [6, 6.07) is -8.80. The maximum absolute atomic E-state index is 13.6. The second-order valence-corrected chi connectivity index (χ2v) is 14.2. The Morgan fingerprint density at radius 3 is 1.31 bits per heavy atom. The Hall–Kier alpha value is -6.51. The van der Waals surface area contributed by atoms with Crippen molar-refractivity contribution in [3.05, 3.63) is 0 Å². The maximum atomic E-state index is 13.6. The zero-order chi connectivity index (χ0) is 47.0. The summed E-state index contributed by atoms with van der Waals surface area (Å²) in [7, 11) is 0. The quantitative estimate of drug-likeness (QED) is 0.0189. The number of nitrogens with two attached hydrogens (primary N) is 5. The normalized spacial score (nSPS) is 13.5. The van der Waals surface area contributed by atoms with Crippen molar-refractivity contribution in [1.29, 1.82) is 0 Å². The van der Waals surface area contributed by atoms with Crippen LogP contribution < -0.4 is 65.9 Å². The third-order valence-electron chi connectivity index (χ3n) is 8.27. The summed E-state index contributed by atoms with van der Waals surface area (Å²) in [5.74, 6) is -13.0. The van der Waals surface area contributed by atoms with Gasteiger partial charge in [0, 0.05) is 13.1 Å². The van der Waals surface area contributed by atoms with Crippen molar-refractivity contribution in [2.75, 3.05) is 26.2 Å². The molecule has 0 radical (unpaired) electrons. The highest BCUT2D eigenvalue weighted by molar-refractivity contribution is 5.98. The van der Waals surface area contributed by atoms with Crippen LogP contribution in [0, 0.1) is 11.8 Å². The van der Waals surface area contributed by atoms with Gasteiger partial charge in [-0.1, -0.05) is 27.7 Å². The predicted octanol–water partition coefficient (Wildman–Crippen LogP) is -6.15. The van der Waals surface area contributed by atoms with Crippen molar-refractivity contribution in [2.24, 2.45) is 50.5 Å².